The molecule has 9 nitrogen and oxygen atoms in total. The maximum absolute atomic E-state index is 13.0. The molecule has 46 heavy (non-hydrogen) atoms. The Balaban J connectivity index is 1.55. The predicted octanol–water partition coefficient (Wildman–Crippen LogP) is 6.53. The van der Waals surface area contributed by atoms with E-state index in [2.05, 4.69) is 51.0 Å². The number of hydrogen-bond donors (Lipinski definition) is 1. The van der Waals surface area contributed by atoms with Crippen LogP contribution in [0.1, 0.15) is 50.1 Å². The van der Waals surface area contributed by atoms with Crippen LogP contribution in [-0.2, 0) is 19.5 Å². The first kappa shape index (κ1) is 33.4. The summed E-state index contributed by atoms with van der Waals surface area (Å²) >= 11 is 0. The van der Waals surface area contributed by atoms with Crippen molar-refractivity contribution in [2.75, 3.05) is 26.6 Å². The van der Waals surface area contributed by atoms with Crippen molar-refractivity contribution in [2.24, 2.45) is 0 Å². The number of nitrogen functional groups attached to an aromatic ring is 1. The molecule has 4 aromatic rings. The molecule has 0 amide bonds. The normalized spacial score (nSPS) is 18.8. The van der Waals surface area contributed by atoms with Crippen molar-refractivity contribution in [1.82, 2.24) is 9.55 Å². The third kappa shape index (κ3) is 6.76. The Morgan fingerprint density at radius 2 is 1.41 bits per heavy atom. The van der Waals surface area contributed by atoms with Crippen LogP contribution in [0.4, 0.5) is 5.82 Å². The van der Waals surface area contributed by atoms with Gasteiger partial charge in [-0.2, -0.15) is 4.98 Å². The van der Waals surface area contributed by atoms with E-state index < -0.39 is 25.8 Å². The highest BCUT2D eigenvalue weighted by Crippen LogP contribution is 2.44. The largest absolute Gasteiger partial charge is 0.497 e. The number of benzene rings is 3. The molecule has 0 spiro atoms. The first-order chi connectivity index (χ1) is 21.9. The number of aromatic nitrogens is 2. The van der Waals surface area contributed by atoms with E-state index in [1.165, 1.54) is 4.57 Å². The van der Waals surface area contributed by atoms with Crippen LogP contribution in [0.3, 0.4) is 0 Å². The molecule has 1 aliphatic heterocycles. The van der Waals surface area contributed by atoms with E-state index in [0.717, 1.165) is 28.2 Å². The van der Waals surface area contributed by atoms with Crippen molar-refractivity contribution in [2.45, 2.75) is 69.4 Å². The van der Waals surface area contributed by atoms with Crippen molar-refractivity contribution >= 4 is 14.1 Å². The molecule has 2 N–H and O–H groups in total. The Labute approximate surface area is 272 Å². The van der Waals surface area contributed by atoms with Gasteiger partial charge in [0.25, 0.3) is 0 Å². The second-order valence-electron chi connectivity index (χ2n) is 13.2. The second kappa shape index (κ2) is 13.4. The van der Waals surface area contributed by atoms with Gasteiger partial charge in [0, 0.05) is 12.6 Å². The van der Waals surface area contributed by atoms with Crippen molar-refractivity contribution in [3.8, 4) is 11.5 Å². The zero-order valence-corrected chi connectivity index (χ0v) is 28.7. The standard InChI is InChI=1S/C36H45N3O6Si/c1-35(2,3)46(6,7)45-31-23-30(44-33(31)39-22-21-32(37)38-34(39)40)24-43-36(25-11-9-8-10-12-25,26-13-17-28(41-4)18-14-26)27-15-19-29(42-5)20-16-27/h8-22,30-31,33H,23-24H2,1-7H3,(H2,37,38,40)/t30-,31+,33+/m0/s1. The molecule has 0 saturated carbocycles. The van der Waals surface area contributed by atoms with Crippen LogP contribution in [0.2, 0.25) is 18.1 Å². The highest BCUT2D eigenvalue weighted by molar-refractivity contribution is 6.74. The number of ether oxygens (including phenoxy) is 4. The fourth-order valence-corrected chi connectivity index (χ4v) is 6.96. The van der Waals surface area contributed by atoms with Crippen molar-refractivity contribution in [1.29, 1.82) is 0 Å². The summed E-state index contributed by atoms with van der Waals surface area (Å²) in [6.07, 6.45) is 0.708. The molecule has 2 heterocycles. The number of nitrogens with zero attached hydrogens (tertiary/aromatic N) is 2. The minimum absolute atomic E-state index is 0.0400. The second-order valence-corrected chi connectivity index (χ2v) is 17.9. The Bertz CT molecular complexity index is 1610. The van der Waals surface area contributed by atoms with Crippen LogP contribution in [0.5, 0.6) is 11.5 Å². The highest BCUT2D eigenvalue weighted by atomic mass is 28.4. The van der Waals surface area contributed by atoms with E-state index in [1.54, 1.807) is 26.5 Å². The quantitative estimate of drug-likeness (QED) is 0.145. The summed E-state index contributed by atoms with van der Waals surface area (Å²) in [6.45, 7) is 11.2. The maximum atomic E-state index is 13.0. The van der Waals surface area contributed by atoms with Crippen LogP contribution in [-0.4, -0.2) is 50.9 Å². The summed E-state index contributed by atoms with van der Waals surface area (Å²) < 4.78 is 33.1. The molecular weight excluding hydrogens is 598 g/mol. The van der Waals surface area contributed by atoms with E-state index in [4.69, 9.17) is 29.1 Å². The lowest BCUT2D eigenvalue weighted by Gasteiger charge is -2.39. The Morgan fingerprint density at radius 3 is 1.91 bits per heavy atom. The van der Waals surface area contributed by atoms with Crippen LogP contribution >= 0.6 is 0 Å². The average molecular weight is 644 g/mol. The molecule has 244 valence electrons. The summed E-state index contributed by atoms with van der Waals surface area (Å²) in [5, 5.41) is -0.0400. The molecule has 3 atom stereocenters. The lowest BCUT2D eigenvalue weighted by molar-refractivity contribution is -0.0864. The molecule has 1 aromatic heterocycles. The Hall–Kier alpha value is -3.96. The van der Waals surface area contributed by atoms with Gasteiger partial charge in [-0.25, -0.2) is 4.79 Å². The topological polar surface area (TPSA) is 107 Å². The lowest BCUT2D eigenvalue weighted by Crippen LogP contribution is -2.46. The van der Waals surface area contributed by atoms with E-state index in [1.807, 2.05) is 66.7 Å². The van der Waals surface area contributed by atoms with Crippen LogP contribution in [0, 0.1) is 0 Å². The molecule has 3 aromatic carbocycles. The SMILES string of the molecule is COc1ccc(C(OC[C@@H]2C[C@@H](O[Si](C)(C)C(C)(C)C)[C@H](n3ccc(N)nc3=O)O2)(c2ccccc2)c2ccc(OC)cc2)cc1. The molecule has 5 rings (SSSR count). The fraction of sp³-hybridized carbons (Fsp3) is 0.389. The molecule has 0 unspecified atom stereocenters. The minimum Gasteiger partial charge on any atom is -0.497 e. The van der Waals surface area contributed by atoms with Crippen LogP contribution in [0.15, 0.2) is 95.9 Å². The van der Waals surface area contributed by atoms with Gasteiger partial charge >= 0.3 is 5.69 Å². The first-order valence-electron chi connectivity index (χ1n) is 15.5. The van der Waals surface area contributed by atoms with E-state index in [9.17, 15) is 4.79 Å². The van der Waals surface area contributed by atoms with Gasteiger partial charge in [-0.1, -0.05) is 75.4 Å². The molecule has 1 fully saturated rings. The van der Waals surface area contributed by atoms with Gasteiger partial charge in [-0.05, 0) is 65.2 Å². The van der Waals surface area contributed by atoms with Crippen LogP contribution in [0.25, 0.3) is 0 Å². The molecule has 10 heteroatoms. The third-order valence-corrected chi connectivity index (χ3v) is 13.7. The van der Waals surface area contributed by atoms with Gasteiger partial charge < -0.3 is 29.1 Å². The Morgan fingerprint density at radius 1 is 0.870 bits per heavy atom. The van der Waals surface area contributed by atoms with E-state index in [0.29, 0.717) is 6.42 Å². The van der Waals surface area contributed by atoms with Gasteiger partial charge in [0.2, 0.25) is 0 Å². The number of methoxy groups -OCH3 is 2. The summed E-state index contributed by atoms with van der Waals surface area (Å²) in [5.74, 6) is 1.65. The molecule has 1 saturated heterocycles. The first-order valence-corrected chi connectivity index (χ1v) is 18.5. The van der Waals surface area contributed by atoms with Crippen molar-refractivity contribution in [3.63, 3.8) is 0 Å². The number of anilines is 1. The van der Waals surface area contributed by atoms with Crippen LogP contribution < -0.4 is 20.9 Å². The summed E-state index contributed by atoms with van der Waals surface area (Å²) in [7, 11) is 1.06. The molecular formula is C36H45N3O6Si. The molecule has 0 radical (unpaired) electrons. The summed E-state index contributed by atoms with van der Waals surface area (Å²) in [6, 6.07) is 27.6. The summed E-state index contributed by atoms with van der Waals surface area (Å²) in [4.78, 5) is 17.0. The molecule has 0 bridgehead atoms. The molecule has 0 aliphatic carbocycles. The number of rotatable bonds is 11. The zero-order valence-electron chi connectivity index (χ0n) is 27.7. The van der Waals surface area contributed by atoms with E-state index >= 15 is 0 Å². The van der Waals surface area contributed by atoms with E-state index in [-0.39, 0.29) is 29.7 Å². The third-order valence-electron chi connectivity index (χ3n) is 9.18. The number of nitrogens with two attached hydrogens (primary N) is 1. The lowest BCUT2D eigenvalue weighted by atomic mass is 9.80. The fourth-order valence-electron chi connectivity index (χ4n) is 5.64. The maximum Gasteiger partial charge on any atom is 0.351 e. The van der Waals surface area contributed by atoms with Crippen molar-refractivity contribution < 1.29 is 23.4 Å². The van der Waals surface area contributed by atoms with Gasteiger partial charge in [0.05, 0.1) is 33.0 Å². The zero-order chi connectivity index (χ0) is 33.1. The van der Waals surface area contributed by atoms with Crippen molar-refractivity contribution in [3.05, 3.63) is 118 Å². The Kier molecular flexibility index (Phi) is 9.74. The number of hydrogen-bond acceptors (Lipinski definition) is 8. The van der Waals surface area contributed by atoms with Gasteiger partial charge in [-0.3, -0.25) is 4.57 Å². The smallest absolute Gasteiger partial charge is 0.351 e. The van der Waals surface area contributed by atoms with Gasteiger partial charge in [0.15, 0.2) is 14.5 Å². The summed E-state index contributed by atoms with van der Waals surface area (Å²) in [5.41, 5.74) is 7.13. The molecule has 1 aliphatic rings. The highest BCUT2D eigenvalue weighted by Gasteiger charge is 2.47. The minimum atomic E-state index is -2.24. The van der Waals surface area contributed by atoms with Gasteiger partial charge in [-0.15, -0.1) is 0 Å². The predicted molar refractivity (Wildman–Crippen MR) is 182 cm³/mol. The average Bonchev–Trinajstić information content (AvgIpc) is 3.43. The van der Waals surface area contributed by atoms with Gasteiger partial charge in [0.1, 0.15) is 22.9 Å². The monoisotopic (exact) mass is 643 g/mol.